The van der Waals surface area contributed by atoms with Gasteiger partial charge in [-0.25, -0.2) is 4.79 Å². The van der Waals surface area contributed by atoms with Crippen LogP contribution < -0.4 is 15.5 Å². The molecule has 0 saturated carbocycles. The number of benzene rings is 1. The Labute approximate surface area is 101 Å². The molecule has 0 bridgehead atoms. The Kier molecular flexibility index (Phi) is 2.73. The van der Waals surface area contributed by atoms with Crippen molar-refractivity contribution < 1.29 is 4.79 Å². The van der Waals surface area contributed by atoms with Crippen molar-refractivity contribution in [2.45, 2.75) is 12.3 Å². The molecule has 0 aromatic heterocycles. The van der Waals surface area contributed by atoms with Crippen LogP contribution in [0.1, 0.15) is 17.9 Å². The van der Waals surface area contributed by atoms with Gasteiger partial charge in [-0.15, -0.1) is 0 Å². The second kappa shape index (κ2) is 4.37. The number of nitrogens with one attached hydrogen (secondary N) is 2. The maximum atomic E-state index is 11.5. The van der Waals surface area contributed by atoms with Crippen LogP contribution in [0.4, 0.5) is 10.5 Å². The van der Waals surface area contributed by atoms with Gasteiger partial charge in [-0.05, 0) is 36.6 Å². The Hall–Kier alpha value is -1.55. The van der Waals surface area contributed by atoms with Crippen LogP contribution >= 0.6 is 0 Å². The molecule has 90 valence electrons. The van der Waals surface area contributed by atoms with Crippen molar-refractivity contribution in [2.75, 3.05) is 31.1 Å². The van der Waals surface area contributed by atoms with E-state index in [1.54, 1.807) is 4.90 Å². The fraction of sp³-hybridized carbons (Fsp3) is 0.462. The van der Waals surface area contributed by atoms with Gasteiger partial charge in [0.2, 0.25) is 0 Å². The molecule has 0 spiro atoms. The molecule has 2 heterocycles. The molecule has 4 nitrogen and oxygen atoms in total. The quantitative estimate of drug-likeness (QED) is 0.805. The van der Waals surface area contributed by atoms with E-state index in [1.165, 1.54) is 12.0 Å². The molecular formula is C13H17N3O. The highest BCUT2D eigenvalue weighted by molar-refractivity contribution is 5.93. The molecule has 2 saturated heterocycles. The van der Waals surface area contributed by atoms with Crippen LogP contribution in [-0.4, -0.2) is 32.2 Å². The standard InChI is InChI=1S/C13H17N3O/c17-13-15-7-8-16(13)12-3-1-10(2-4-12)11-5-6-14-9-11/h1-4,11,14H,5-9H2,(H,15,17). The Bertz CT molecular complexity index is 409. The molecule has 1 aromatic rings. The largest absolute Gasteiger partial charge is 0.336 e. The first kappa shape index (κ1) is 10.6. The third-order valence-corrected chi connectivity index (χ3v) is 3.59. The normalized spacial score (nSPS) is 24.1. The van der Waals surface area contributed by atoms with Crippen molar-refractivity contribution in [1.82, 2.24) is 10.6 Å². The van der Waals surface area contributed by atoms with E-state index < -0.39 is 0 Å². The number of amides is 2. The molecule has 2 aliphatic heterocycles. The Morgan fingerprint density at radius 1 is 1.18 bits per heavy atom. The molecule has 1 atom stereocenters. The predicted octanol–water partition coefficient (Wildman–Crippen LogP) is 1.29. The van der Waals surface area contributed by atoms with Crippen molar-refractivity contribution >= 4 is 11.7 Å². The zero-order valence-corrected chi connectivity index (χ0v) is 9.78. The SMILES string of the molecule is O=C1NCCN1c1ccc(C2CCNC2)cc1. The summed E-state index contributed by atoms with van der Waals surface area (Å²) in [5.41, 5.74) is 2.37. The van der Waals surface area contributed by atoms with Gasteiger partial charge in [-0.3, -0.25) is 4.90 Å². The Morgan fingerprint density at radius 2 is 2.00 bits per heavy atom. The topological polar surface area (TPSA) is 44.4 Å². The molecule has 1 aromatic carbocycles. The van der Waals surface area contributed by atoms with Gasteiger partial charge < -0.3 is 10.6 Å². The predicted molar refractivity (Wildman–Crippen MR) is 67.4 cm³/mol. The van der Waals surface area contributed by atoms with E-state index in [1.807, 2.05) is 0 Å². The molecule has 1 unspecified atom stereocenters. The van der Waals surface area contributed by atoms with Crippen LogP contribution in [0, 0.1) is 0 Å². The molecule has 3 rings (SSSR count). The lowest BCUT2D eigenvalue weighted by Crippen LogP contribution is -2.27. The van der Waals surface area contributed by atoms with Crippen molar-refractivity contribution in [1.29, 1.82) is 0 Å². The third-order valence-electron chi connectivity index (χ3n) is 3.59. The van der Waals surface area contributed by atoms with Crippen molar-refractivity contribution in [2.24, 2.45) is 0 Å². The summed E-state index contributed by atoms with van der Waals surface area (Å²) in [6.07, 6.45) is 1.21. The monoisotopic (exact) mass is 231 g/mol. The molecule has 0 aliphatic carbocycles. The highest BCUT2D eigenvalue weighted by atomic mass is 16.2. The summed E-state index contributed by atoms with van der Waals surface area (Å²) < 4.78 is 0. The molecule has 0 radical (unpaired) electrons. The molecule has 17 heavy (non-hydrogen) atoms. The van der Waals surface area contributed by atoms with Gasteiger partial charge >= 0.3 is 6.03 Å². The lowest BCUT2D eigenvalue weighted by molar-refractivity contribution is 0.252. The van der Waals surface area contributed by atoms with E-state index in [9.17, 15) is 4.79 Å². The smallest absolute Gasteiger partial charge is 0.321 e. The van der Waals surface area contributed by atoms with Crippen molar-refractivity contribution in [3.05, 3.63) is 29.8 Å². The number of anilines is 1. The maximum absolute atomic E-state index is 11.5. The van der Waals surface area contributed by atoms with E-state index in [4.69, 9.17) is 0 Å². The highest BCUT2D eigenvalue weighted by Crippen LogP contribution is 2.25. The average molecular weight is 231 g/mol. The zero-order valence-electron chi connectivity index (χ0n) is 9.78. The lowest BCUT2D eigenvalue weighted by atomic mass is 9.98. The molecule has 2 N–H and O–H groups in total. The second-order valence-corrected chi connectivity index (χ2v) is 4.66. The number of hydrogen-bond acceptors (Lipinski definition) is 2. The van der Waals surface area contributed by atoms with Crippen LogP contribution in [0.5, 0.6) is 0 Å². The van der Waals surface area contributed by atoms with Crippen LogP contribution in [0.15, 0.2) is 24.3 Å². The summed E-state index contributed by atoms with van der Waals surface area (Å²) in [5, 5.41) is 6.19. The molecular weight excluding hydrogens is 214 g/mol. The molecule has 4 heteroatoms. The van der Waals surface area contributed by atoms with E-state index in [0.29, 0.717) is 5.92 Å². The van der Waals surface area contributed by atoms with Gasteiger partial charge in [-0.1, -0.05) is 12.1 Å². The average Bonchev–Trinajstić information content (AvgIpc) is 3.00. The number of rotatable bonds is 2. The summed E-state index contributed by atoms with van der Waals surface area (Å²) in [6, 6.07) is 8.43. The number of nitrogens with zero attached hydrogens (tertiary/aromatic N) is 1. The van der Waals surface area contributed by atoms with Crippen molar-refractivity contribution in [3.8, 4) is 0 Å². The summed E-state index contributed by atoms with van der Waals surface area (Å²) in [4.78, 5) is 13.3. The van der Waals surface area contributed by atoms with Gasteiger partial charge in [0.1, 0.15) is 0 Å². The lowest BCUT2D eigenvalue weighted by Gasteiger charge is -2.16. The minimum atomic E-state index is 0.0142. The van der Waals surface area contributed by atoms with Crippen LogP contribution in [0.2, 0.25) is 0 Å². The highest BCUT2D eigenvalue weighted by Gasteiger charge is 2.21. The van der Waals surface area contributed by atoms with Gasteiger partial charge in [0.15, 0.2) is 0 Å². The second-order valence-electron chi connectivity index (χ2n) is 4.66. The van der Waals surface area contributed by atoms with Gasteiger partial charge in [0.25, 0.3) is 0 Å². The summed E-state index contributed by atoms with van der Waals surface area (Å²) >= 11 is 0. The van der Waals surface area contributed by atoms with Gasteiger partial charge in [0, 0.05) is 25.3 Å². The maximum Gasteiger partial charge on any atom is 0.321 e. The molecule has 2 fully saturated rings. The zero-order chi connectivity index (χ0) is 11.7. The number of urea groups is 1. The number of carbonyl (C=O) groups excluding carboxylic acids is 1. The first-order valence-corrected chi connectivity index (χ1v) is 6.20. The van der Waals surface area contributed by atoms with Crippen molar-refractivity contribution in [3.63, 3.8) is 0 Å². The van der Waals surface area contributed by atoms with Gasteiger partial charge in [-0.2, -0.15) is 0 Å². The number of hydrogen-bond donors (Lipinski definition) is 2. The minimum absolute atomic E-state index is 0.0142. The fourth-order valence-corrected chi connectivity index (χ4v) is 2.58. The summed E-state index contributed by atoms with van der Waals surface area (Å²) in [5.74, 6) is 0.636. The molecule has 2 aliphatic rings. The fourth-order valence-electron chi connectivity index (χ4n) is 2.58. The van der Waals surface area contributed by atoms with Crippen LogP contribution in [0.3, 0.4) is 0 Å². The minimum Gasteiger partial charge on any atom is -0.336 e. The molecule has 2 amide bonds. The summed E-state index contributed by atoms with van der Waals surface area (Å²) in [6.45, 7) is 3.70. The Morgan fingerprint density at radius 3 is 2.59 bits per heavy atom. The number of carbonyl (C=O) groups is 1. The van der Waals surface area contributed by atoms with Crippen LogP contribution in [0.25, 0.3) is 0 Å². The Balaban J connectivity index is 1.77. The van der Waals surface area contributed by atoms with E-state index in [2.05, 4.69) is 34.9 Å². The first-order valence-electron chi connectivity index (χ1n) is 6.20. The third kappa shape index (κ3) is 2.00. The van der Waals surface area contributed by atoms with Gasteiger partial charge in [0.05, 0.1) is 0 Å². The van der Waals surface area contributed by atoms with E-state index >= 15 is 0 Å². The van der Waals surface area contributed by atoms with E-state index in [0.717, 1.165) is 31.9 Å². The summed E-state index contributed by atoms with van der Waals surface area (Å²) in [7, 11) is 0. The van der Waals surface area contributed by atoms with E-state index in [-0.39, 0.29) is 6.03 Å². The van der Waals surface area contributed by atoms with Crippen LogP contribution in [-0.2, 0) is 0 Å². The first-order chi connectivity index (χ1) is 8.34.